The van der Waals surface area contributed by atoms with Crippen molar-refractivity contribution in [1.82, 2.24) is 15.2 Å². The van der Waals surface area contributed by atoms with Crippen LogP contribution >= 0.6 is 0 Å². The Kier molecular flexibility index (Phi) is 2.20. The van der Waals surface area contributed by atoms with Crippen molar-refractivity contribution in [3.8, 4) is 0 Å². The molecule has 1 aliphatic carbocycles. The van der Waals surface area contributed by atoms with E-state index in [-0.39, 0.29) is 18.8 Å². The van der Waals surface area contributed by atoms with Crippen molar-refractivity contribution in [2.24, 2.45) is 0 Å². The average Bonchev–Trinajstić information content (AvgIpc) is 3.09. The van der Waals surface area contributed by atoms with Crippen molar-refractivity contribution >= 4 is 17.0 Å². The first-order valence-electron chi connectivity index (χ1n) is 5.45. The fourth-order valence-corrected chi connectivity index (χ4v) is 1.75. The van der Waals surface area contributed by atoms with Crippen LogP contribution in [0, 0.1) is 0 Å². The van der Waals surface area contributed by atoms with Crippen LogP contribution in [0.25, 0.3) is 11.0 Å². The molecule has 0 atom stereocenters. The smallest absolute Gasteiger partial charge is 0.339 e. The van der Waals surface area contributed by atoms with E-state index in [4.69, 9.17) is 0 Å². The van der Waals surface area contributed by atoms with E-state index in [1.165, 1.54) is 0 Å². The predicted octanol–water partition coefficient (Wildman–Crippen LogP) is 2.53. The van der Waals surface area contributed by atoms with E-state index in [0.29, 0.717) is 11.0 Å². The highest BCUT2D eigenvalue weighted by molar-refractivity contribution is 5.74. The number of rotatable bonds is 2. The third kappa shape index (κ3) is 1.75. The third-order valence-electron chi connectivity index (χ3n) is 3.00. The summed E-state index contributed by atoms with van der Waals surface area (Å²) in [6.45, 7) is 0. The van der Waals surface area contributed by atoms with E-state index >= 15 is 0 Å². The second-order valence-electron chi connectivity index (χ2n) is 4.33. The number of alkyl halides is 3. The lowest BCUT2D eigenvalue weighted by atomic mass is 10.2. The number of benzene rings is 1. The molecule has 1 fully saturated rings. The van der Waals surface area contributed by atoms with Gasteiger partial charge in [0.05, 0.1) is 5.52 Å². The van der Waals surface area contributed by atoms with Crippen LogP contribution in [0.1, 0.15) is 12.8 Å². The largest absolute Gasteiger partial charge is 0.411 e. The van der Waals surface area contributed by atoms with Crippen LogP contribution in [0.4, 0.5) is 19.1 Å². The number of anilines is 1. The van der Waals surface area contributed by atoms with Crippen LogP contribution < -0.4 is 5.32 Å². The van der Waals surface area contributed by atoms with Gasteiger partial charge in [0.2, 0.25) is 5.95 Å². The second kappa shape index (κ2) is 3.54. The van der Waals surface area contributed by atoms with E-state index in [1.807, 2.05) is 0 Å². The molecule has 1 saturated carbocycles. The number of nitrogens with one attached hydrogen (secondary N) is 1. The van der Waals surface area contributed by atoms with Gasteiger partial charge in [-0.05, 0) is 25.0 Å². The Labute approximate surface area is 100 Å². The molecule has 18 heavy (non-hydrogen) atoms. The van der Waals surface area contributed by atoms with Crippen molar-refractivity contribution in [3.63, 3.8) is 0 Å². The van der Waals surface area contributed by atoms with E-state index in [9.17, 15) is 13.2 Å². The van der Waals surface area contributed by atoms with E-state index in [2.05, 4.69) is 20.5 Å². The molecule has 1 aromatic carbocycles. The fourth-order valence-electron chi connectivity index (χ4n) is 1.75. The topological polar surface area (TPSA) is 50.7 Å². The highest BCUT2D eigenvalue weighted by Gasteiger charge is 2.64. The average molecular weight is 254 g/mol. The fraction of sp³-hybridized carbons (Fsp3) is 0.364. The lowest BCUT2D eigenvalue weighted by molar-refractivity contribution is -0.151. The minimum atomic E-state index is -4.29. The van der Waals surface area contributed by atoms with Crippen molar-refractivity contribution in [2.75, 3.05) is 5.32 Å². The molecule has 1 aliphatic rings. The van der Waals surface area contributed by atoms with Gasteiger partial charge in [-0.2, -0.15) is 13.2 Å². The molecule has 4 nitrogen and oxygen atoms in total. The Hall–Kier alpha value is -1.92. The lowest BCUT2D eigenvalue weighted by Gasteiger charge is -2.20. The number of nitrogens with zero attached hydrogens (tertiary/aromatic N) is 3. The zero-order valence-electron chi connectivity index (χ0n) is 9.20. The van der Waals surface area contributed by atoms with Crippen molar-refractivity contribution in [2.45, 2.75) is 24.6 Å². The number of aromatic nitrogens is 3. The Morgan fingerprint density at radius 1 is 1.06 bits per heavy atom. The van der Waals surface area contributed by atoms with Gasteiger partial charge in [-0.15, -0.1) is 10.2 Å². The van der Waals surface area contributed by atoms with Crippen LogP contribution in [0.2, 0.25) is 0 Å². The molecular weight excluding hydrogens is 245 g/mol. The summed E-state index contributed by atoms with van der Waals surface area (Å²) in [5.74, 6) is -0.0801. The van der Waals surface area contributed by atoms with Gasteiger partial charge in [-0.1, -0.05) is 12.1 Å². The monoisotopic (exact) mass is 254 g/mol. The van der Waals surface area contributed by atoms with Crippen LogP contribution in [0.3, 0.4) is 0 Å². The first kappa shape index (κ1) is 11.2. The van der Waals surface area contributed by atoms with Crippen LogP contribution in [-0.2, 0) is 0 Å². The first-order valence-corrected chi connectivity index (χ1v) is 5.45. The summed E-state index contributed by atoms with van der Waals surface area (Å²) in [5.41, 5.74) is -0.787. The summed E-state index contributed by atoms with van der Waals surface area (Å²) in [4.78, 5) is 4.03. The number of hydrogen-bond donors (Lipinski definition) is 1. The maximum atomic E-state index is 12.8. The maximum absolute atomic E-state index is 12.8. The SMILES string of the molecule is FC(F)(F)C1(Nc2nnc3ccccc3n2)CC1. The zero-order valence-corrected chi connectivity index (χ0v) is 9.20. The van der Waals surface area contributed by atoms with Gasteiger partial charge in [-0.25, -0.2) is 4.98 Å². The molecule has 0 aliphatic heterocycles. The highest BCUT2D eigenvalue weighted by Crippen LogP contribution is 2.50. The Balaban J connectivity index is 1.92. The highest BCUT2D eigenvalue weighted by atomic mass is 19.4. The summed E-state index contributed by atoms with van der Waals surface area (Å²) < 4.78 is 38.3. The van der Waals surface area contributed by atoms with E-state index < -0.39 is 11.7 Å². The molecule has 1 aromatic heterocycles. The Morgan fingerprint density at radius 2 is 1.72 bits per heavy atom. The van der Waals surface area contributed by atoms with Crippen LogP contribution in [0.15, 0.2) is 24.3 Å². The number of hydrogen-bond acceptors (Lipinski definition) is 4. The number of para-hydroxylation sites is 1. The van der Waals surface area contributed by atoms with E-state index in [1.54, 1.807) is 24.3 Å². The van der Waals surface area contributed by atoms with Gasteiger partial charge in [0.25, 0.3) is 0 Å². The standard InChI is InChI=1S/C11H9F3N4/c12-11(13,14)10(5-6-10)16-9-15-7-3-1-2-4-8(7)17-18-9/h1-4H,5-6H2,(H,15,16,18). The number of halogens is 3. The molecule has 0 saturated heterocycles. The zero-order chi connectivity index (χ0) is 12.8. The summed E-state index contributed by atoms with van der Waals surface area (Å²) in [7, 11) is 0. The maximum Gasteiger partial charge on any atom is 0.411 e. The second-order valence-corrected chi connectivity index (χ2v) is 4.33. The quantitative estimate of drug-likeness (QED) is 0.894. The molecule has 7 heteroatoms. The minimum Gasteiger partial charge on any atom is -0.339 e. The van der Waals surface area contributed by atoms with Gasteiger partial charge in [-0.3, -0.25) is 0 Å². The van der Waals surface area contributed by atoms with E-state index in [0.717, 1.165) is 0 Å². The normalized spacial score (nSPS) is 17.7. The molecule has 0 spiro atoms. The summed E-state index contributed by atoms with van der Waals surface area (Å²) in [6, 6.07) is 6.90. The van der Waals surface area contributed by atoms with Gasteiger partial charge in [0.1, 0.15) is 11.1 Å². The molecule has 0 radical (unpaired) electrons. The lowest BCUT2D eigenvalue weighted by Crippen LogP contribution is -2.39. The van der Waals surface area contributed by atoms with Crippen molar-refractivity contribution in [3.05, 3.63) is 24.3 Å². The van der Waals surface area contributed by atoms with Gasteiger partial charge >= 0.3 is 6.18 Å². The van der Waals surface area contributed by atoms with Crippen LogP contribution in [-0.4, -0.2) is 26.9 Å². The van der Waals surface area contributed by atoms with Gasteiger partial charge < -0.3 is 5.32 Å². The predicted molar refractivity (Wildman–Crippen MR) is 59.0 cm³/mol. The minimum absolute atomic E-state index is 0.0483. The van der Waals surface area contributed by atoms with Crippen LogP contribution in [0.5, 0.6) is 0 Å². The summed E-state index contributed by atoms with van der Waals surface area (Å²) in [5, 5.41) is 9.86. The molecule has 1 heterocycles. The first-order chi connectivity index (χ1) is 8.50. The molecule has 3 rings (SSSR count). The van der Waals surface area contributed by atoms with Gasteiger partial charge in [0.15, 0.2) is 0 Å². The molecule has 2 aromatic rings. The third-order valence-corrected chi connectivity index (χ3v) is 3.00. The molecule has 1 N–H and O–H groups in total. The van der Waals surface area contributed by atoms with Crippen molar-refractivity contribution < 1.29 is 13.2 Å². The van der Waals surface area contributed by atoms with Crippen molar-refractivity contribution in [1.29, 1.82) is 0 Å². The molecule has 94 valence electrons. The van der Waals surface area contributed by atoms with Gasteiger partial charge in [0, 0.05) is 0 Å². The molecular formula is C11H9F3N4. The summed E-state index contributed by atoms with van der Waals surface area (Å²) in [6.07, 6.45) is -4.19. The molecule has 0 bridgehead atoms. The summed E-state index contributed by atoms with van der Waals surface area (Å²) >= 11 is 0. The Bertz CT molecular complexity index is 592. The molecule has 0 amide bonds. The number of fused-ring (bicyclic) bond motifs is 1. The Morgan fingerprint density at radius 3 is 2.33 bits per heavy atom. The molecule has 0 unspecified atom stereocenters.